The van der Waals surface area contributed by atoms with Crippen LogP contribution in [0.25, 0.3) is 0 Å². The molecule has 0 spiro atoms. The number of hydrogen-bond acceptors (Lipinski definition) is 6. The lowest BCUT2D eigenvalue weighted by Gasteiger charge is -2.07. The lowest BCUT2D eigenvalue weighted by atomic mass is 10.1. The van der Waals surface area contributed by atoms with Crippen LogP contribution in [0, 0.1) is 10.1 Å². The van der Waals surface area contributed by atoms with Crippen LogP contribution in [0.5, 0.6) is 0 Å². The predicted molar refractivity (Wildman–Crippen MR) is 69.4 cm³/mol. The highest BCUT2D eigenvalue weighted by Gasteiger charge is 2.26. The SMILES string of the molecule is COCCS(=O)(=O)Cc1cccc([N+](=O)[O-])c1C(=O)O. The summed E-state index contributed by atoms with van der Waals surface area (Å²) < 4.78 is 28.2. The number of methoxy groups -OCH3 is 1. The second-order valence-electron chi connectivity index (χ2n) is 3.96. The van der Waals surface area contributed by atoms with Gasteiger partial charge in [-0.2, -0.15) is 0 Å². The van der Waals surface area contributed by atoms with Gasteiger partial charge >= 0.3 is 5.97 Å². The zero-order chi connectivity index (χ0) is 15.3. The minimum atomic E-state index is -3.61. The third-order valence-corrected chi connectivity index (χ3v) is 4.05. The molecule has 0 aliphatic rings. The van der Waals surface area contributed by atoms with Crippen LogP contribution in [0.1, 0.15) is 15.9 Å². The van der Waals surface area contributed by atoms with E-state index in [4.69, 9.17) is 5.11 Å². The first kappa shape index (κ1) is 16.1. The third kappa shape index (κ3) is 4.00. The van der Waals surface area contributed by atoms with Gasteiger partial charge in [0, 0.05) is 13.2 Å². The molecule has 0 saturated carbocycles. The van der Waals surface area contributed by atoms with Crippen LogP contribution in [0.2, 0.25) is 0 Å². The highest BCUT2D eigenvalue weighted by atomic mass is 32.2. The van der Waals surface area contributed by atoms with Crippen LogP contribution in [-0.2, 0) is 20.3 Å². The van der Waals surface area contributed by atoms with Crippen LogP contribution in [0.15, 0.2) is 18.2 Å². The molecule has 1 rings (SSSR count). The first-order chi connectivity index (χ1) is 9.28. The number of carboxylic acid groups (broad SMARTS) is 1. The average molecular weight is 303 g/mol. The van der Waals surface area contributed by atoms with E-state index in [9.17, 15) is 23.3 Å². The van der Waals surface area contributed by atoms with E-state index >= 15 is 0 Å². The number of nitro groups is 1. The van der Waals surface area contributed by atoms with Crippen molar-refractivity contribution in [2.24, 2.45) is 0 Å². The topological polar surface area (TPSA) is 124 Å². The number of carbonyl (C=O) groups is 1. The summed E-state index contributed by atoms with van der Waals surface area (Å²) in [6, 6.07) is 3.53. The summed E-state index contributed by atoms with van der Waals surface area (Å²) in [5, 5.41) is 19.8. The van der Waals surface area contributed by atoms with Crippen LogP contribution < -0.4 is 0 Å². The molecular weight excluding hydrogens is 290 g/mol. The summed E-state index contributed by atoms with van der Waals surface area (Å²) in [6.45, 7) is -0.0281. The van der Waals surface area contributed by atoms with Gasteiger partial charge in [-0.05, 0) is 5.56 Å². The van der Waals surface area contributed by atoms with Crippen molar-refractivity contribution in [1.82, 2.24) is 0 Å². The average Bonchev–Trinajstić information content (AvgIpc) is 2.35. The van der Waals surface area contributed by atoms with E-state index in [1.54, 1.807) is 0 Å². The highest BCUT2D eigenvalue weighted by molar-refractivity contribution is 7.90. The summed E-state index contributed by atoms with van der Waals surface area (Å²) in [5.74, 6) is -2.40. The zero-order valence-electron chi connectivity index (χ0n) is 10.6. The largest absolute Gasteiger partial charge is 0.477 e. The summed E-state index contributed by atoms with van der Waals surface area (Å²) >= 11 is 0. The molecule has 0 unspecified atom stereocenters. The van der Waals surface area contributed by atoms with Crippen molar-refractivity contribution >= 4 is 21.5 Å². The van der Waals surface area contributed by atoms with Crippen molar-refractivity contribution in [1.29, 1.82) is 0 Å². The van der Waals surface area contributed by atoms with Gasteiger partial charge in [-0.25, -0.2) is 13.2 Å². The maximum absolute atomic E-state index is 11.8. The van der Waals surface area contributed by atoms with Gasteiger partial charge in [0.2, 0.25) is 0 Å². The Morgan fingerprint density at radius 1 is 1.45 bits per heavy atom. The summed E-state index contributed by atoms with van der Waals surface area (Å²) in [5.41, 5.74) is -1.33. The predicted octanol–water partition coefficient (Wildman–Crippen LogP) is 0.854. The van der Waals surface area contributed by atoms with Crippen molar-refractivity contribution in [2.45, 2.75) is 5.75 Å². The molecule has 110 valence electrons. The molecule has 1 aromatic carbocycles. The number of carboxylic acids is 1. The standard InChI is InChI=1S/C11H13NO7S/c1-19-5-6-20(17,18)7-8-3-2-4-9(12(15)16)10(8)11(13)14/h2-4H,5-7H2,1H3,(H,13,14). The van der Waals surface area contributed by atoms with Crippen LogP contribution in [-0.4, -0.2) is 43.9 Å². The van der Waals surface area contributed by atoms with Crippen molar-refractivity contribution in [3.63, 3.8) is 0 Å². The summed E-state index contributed by atoms with van der Waals surface area (Å²) in [6.07, 6.45) is 0. The fourth-order valence-electron chi connectivity index (χ4n) is 1.63. The van der Waals surface area contributed by atoms with Gasteiger partial charge in [-0.1, -0.05) is 12.1 Å². The number of rotatable bonds is 7. The fraction of sp³-hybridized carbons (Fsp3) is 0.364. The van der Waals surface area contributed by atoms with E-state index in [0.717, 1.165) is 6.07 Å². The number of aromatic carboxylic acids is 1. The maximum atomic E-state index is 11.8. The van der Waals surface area contributed by atoms with Crippen molar-refractivity contribution in [3.05, 3.63) is 39.4 Å². The summed E-state index contributed by atoms with van der Waals surface area (Å²) in [4.78, 5) is 21.1. The fourth-order valence-corrected chi connectivity index (χ4v) is 2.90. The Bertz CT molecular complexity index is 624. The molecule has 0 radical (unpaired) electrons. The minimum absolute atomic E-state index is 0.0281. The quantitative estimate of drug-likeness (QED) is 0.585. The van der Waals surface area contributed by atoms with E-state index in [-0.39, 0.29) is 17.9 Å². The maximum Gasteiger partial charge on any atom is 0.343 e. The monoisotopic (exact) mass is 303 g/mol. The lowest BCUT2D eigenvalue weighted by molar-refractivity contribution is -0.385. The van der Waals surface area contributed by atoms with E-state index in [2.05, 4.69) is 4.74 Å². The first-order valence-electron chi connectivity index (χ1n) is 5.47. The highest BCUT2D eigenvalue weighted by Crippen LogP contribution is 2.24. The number of nitrogens with zero attached hydrogens (tertiary/aromatic N) is 1. The molecule has 1 aromatic rings. The van der Waals surface area contributed by atoms with Gasteiger partial charge in [0.15, 0.2) is 9.84 Å². The Morgan fingerprint density at radius 2 is 2.10 bits per heavy atom. The number of ether oxygens (including phenoxy) is 1. The minimum Gasteiger partial charge on any atom is -0.477 e. The Hall–Kier alpha value is -2.00. The lowest BCUT2D eigenvalue weighted by Crippen LogP contribution is -2.16. The number of nitro benzene ring substituents is 1. The second-order valence-corrected chi connectivity index (χ2v) is 6.14. The van der Waals surface area contributed by atoms with Gasteiger partial charge in [-0.3, -0.25) is 10.1 Å². The molecule has 1 N–H and O–H groups in total. The van der Waals surface area contributed by atoms with E-state index in [1.807, 2.05) is 0 Å². The van der Waals surface area contributed by atoms with Gasteiger partial charge in [-0.15, -0.1) is 0 Å². The van der Waals surface area contributed by atoms with Crippen LogP contribution in [0.4, 0.5) is 5.69 Å². The Labute approximate surface area is 115 Å². The van der Waals surface area contributed by atoms with Gasteiger partial charge in [0.1, 0.15) is 5.56 Å². The van der Waals surface area contributed by atoms with Gasteiger partial charge in [0.25, 0.3) is 5.69 Å². The van der Waals surface area contributed by atoms with Gasteiger partial charge in [0.05, 0.1) is 23.0 Å². The molecule has 0 atom stereocenters. The van der Waals surface area contributed by atoms with E-state index in [0.29, 0.717) is 0 Å². The molecule has 0 fully saturated rings. The smallest absolute Gasteiger partial charge is 0.343 e. The Kier molecular flexibility index (Phi) is 5.17. The molecule has 0 aromatic heterocycles. The number of benzene rings is 1. The van der Waals surface area contributed by atoms with Gasteiger partial charge < -0.3 is 9.84 Å². The molecule has 0 heterocycles. The first-order valence-corrected chi connectivity index (χ1v) is 7.29. The zero-order valence-corrected chi connectivity index (χ0v) is 11.4. The normalized spacial score (nSPS) is 11.2. The summed E-state index contributed by atoms with van der Waals surface area (Å²) in [7, 11) is -2.27. The molecule has 0 bridgehead atoms. The number of sulfone groups is 1. The molecule has 0 aliphatic heterocycles. The molecule has 9 heteroatoms. The van der Waals surface area contributed by atoms with Crippen molar-refractivity contribution in [2.75, 3.05) is 19.5 Å². The van der Waals surface area contributed by atoms with Crippen molar-refractivity contribution in [3.8, 4) is 0 Å². The third-order valence-electron chi connectivity index (χ3n) is 2.51. The second kappa shape index (κ2) is 6.44. The van der Waals surface area contributed by atoms with E-state index < -0.39 is 37.7 Å². The Morgan fingerprint density at radius 3 is 2.60 bits per heavy atom. The molecular formula is C11H13NO7S. The number of hydrogen-bond donors (Lipinski definition) is 1. The van der Waals surface area contributed by atoms with E-state index in [1.165, 1.54) is 19.2 Å². The van der Waals surface area contributed by atoms with Crippen LogP contribution >= 0.6 is 0 Å². The molecule has 0 saturated heterocycles. The molecule has 8 nitrogen and oxygen atoms in total. The molecule has 0 aliphatic carbocycles. The van der Waals surface area contributed by atoms with Crippen molar-refractivity contribution < 1.29 is 28.0 Å². The Balaban J connectivity index is 3.22. The molecule has 0 amide bonds. The molecule has 20 heavy (non-hydrogen) atoms. The van der Waals surface area contributed by atoms with Crippen LogP contribution in [0.3, 0.4) is 0 Å².